The van der Waals surface area contributed by atoms with Gasteiger partial charge in [-0.2, -0.15) is 0 Å². The van der Waals surface area contributed by atoms with Crippen molar-refractivity contribution in [2.24, 2.45) is 5.92 Å². The summed E-state index contributed by atoms with van der Waals surface area (Å²) < 4.78 is 15.8. The molecule has 0 fully saturated rings. The van der Waals surface area contributed by atoms with Crippen molar-refractivity contribution in [3.63, 3.8) is 0 Å². The van der Waals surface area contributed by atoms with E-state index in [4.69, 9.17) is 14.2 Å². The van der Waals surface area contributed by atoms with E-state index in [1.165, 1.54) is 33.7 Å². The fourth-order valence-corrected chi connectivity index (χ4v) is 2.19. The molecular formula is C18H24N4O4. The van der Waals surface area contributed by atoms with Crippen molar-refractivity contribution in [3.8, 4) is 17.2 Å². The zero-order valence-electron chi connectivity index (χ0n) is 15.6. The van der Waals surface area contributed by atoms with Gasteiger partial charge in [0.1, 0.15) is 11.5 Å². The van der Waals surface area contributed by atoms with Gasteiger partial charge in [-0.15, -0.1) is 0 Å². The van der Waals surface area contributed by atoms with Crippen LogP contribution in [0.4, 0.5) is 11.5 Å². The maximum atomic E-state index is 12.4. The second kappa shape index (κ2) is 8.89. The number of benzene rings is 1. The van der Waals surface area contributed by atoms with Crippen LogP contribution in [0.25, 0.3) is 0 Å². The number of carbonyl (C=O) groups excluding carboxylic acids is 1. The number of anilines is 2. The van der Waals surface area contributed by atoms with Crippen LogP contribution < -0.4 is 24.8 Å². The fourth-order valence-electron chi connectivity index (χ4n) is 2.19. The van der Waals surface area contributed by atoms with Gasteiger partial charge in [-0.3, -0.25) is 4.79 Å². The SMILES string of the molecule is COc1cc(NC(=O)c2cnc(NCC(C)C)cn2)cc(OC)c1OC. The van der Waals surface area contributed by atoms with Gasteiger partial charge < -0.3 is 24.8 Å². The van der Waals surface area contributed by atoms with E-state index < -0.39 is 0 Å². The van der Waals surface area contributed by atoms with E-state index in [9.17, 15) is 4.79 Å². The summed E-state index contributed by atoms with van der Waals surface area (Å²) in [5.41, 5.74) is 0.696. The van der Waals surface area contributed by atoms with Crippen LogP contribution in [0.15, 0.2) is 24.5 Å². The maximum absolute atomic E-state index is 12.4. The third kappa shape index (κ3) is 4.75. The van der Waals surface area contributed by atoms with Gasteiger partial charge in [-0.1, -0.05) is 13.8 Å². The summed E-state index contributed by atoms with van der Waals surface area (Å²) in [6.45, 7) is 4.98. The largest absolute Gasteiger partial charge is 0.493 e. The molecule has 0 aliphatic carbocycles. The van der Waals surface area contributed by atoms with Gasteiger partial charge in [0.2, 0.25) is 5.75 Å². The average Bonchev–Trinajstić information content (AvgIpc) is 2.65. The Labute approximate surface area is 152 Å². The number of nitrogens with zero attached hydrogens (tertiary/aromatic N) is 2. The van der Waals surface area contributed by atoms with Crippen LogP contribution in [-0.2, 0) is 0 Å². The summed E-state index contributed by atoms with van der Waals surface area (Å²) in [6.07, 6.45) is 2.96. The van der Waals surface area contributed by atoms with Crippen molar-refractivity contribution >= 4 is 17.4 Å². The van der Waals surface area contributed by atoms with Crippen LogP contribution in [0.5, 0.6) is 17.2 Å². The number of hydrogen-bond donors (Lipinski definition) is 2. The van der Waals surface area contributed by atoms with E-state index >= 15 is 0 Å². The lowest BCUT2D eigenvalue weighted by molar-refractivity contribution is 0.102. The molecule has 1 heterocycles. The van der Waals surface area contributed by atoms with E-state index in [0.717, 1.165) is 6.54 Å². The molecule has 1 aromatic heterocycles. The molecule has 0 aliphatic heterocycles. The molecule has 1 aromatic carbocycles. The summed E-state index contributed by atoms with van der Waals surface area (Å²) in [5.74, 6) is 2.07. The Bertz CT molecular complexity index is 722. The molecule has 8 nitrogen and oxygen atoms in total. The first kappa shape index (κ1) is 19.3. The first-order valence-electron chi connectivity index (χ1n) is 8.15. The molecular weight excluding hydrogens is 336 g/mol. The van der Waals surface area contributed by atoms with E-state index in [1.807, 2.05) is 0 Å². The van der Waals surface area contributed by atoms with Gasteiger partial charge in [-0.05, 0) is 5.92 Å². The van der Waals surface area contributed by atoms with Crippen LogP contribution in [-0.4, -0.2) is 43.7 Å². The molecule has 2 rings (SSSR count). The number of nitrogens with one attached hydrogen (secondary N) is 2. The smallest absolute Gasteiger partial charge is 0.275 e. The van der Waals surface area contributed by atoms with Crippen molar-refractivity contribution in [1.82, 2.24) is 9.97 Å². The summed E-state index contributed by atoms with van der Waals surface area (Å²) in [5, 5.41) is 5.90. The molecule has 0 bridgehead atoms. The highest BCUT2D eigenvalue weighted by atomic mass is 16.5. The van der Waals surface area contributed by atoms with Crippen LogP contribution in [0.2, 0.25) is 0 Å². The third-order valence-corrected chi connectivity index (χ3v) is 3.50. The van der Waals surface area contributed by atoms with E-state index in [0.29, 0.717) is 34.7 Å². The van der Waals surface area contributed by atoms with Gasteiger partial charge in [0.25, 0.3) is 5.91 Å². The van der Waals surface area contributed by atoms with Crippen LogP contribution >= 0.6 is 0 Å². The average molecular weight is 360 g/mol. The molecule has 0 atom stereocenters. The number of carbonyl (C=O) groups is 1. The van der Waals surface area contributed by atoms with E-state index in [1.54, 1.807) is 12.1 Å². The van der Waals surface area contributed by atoms with Crippen molar-refractivity contribution in [2.75, 3.05) is 38.5 Å². The summed E-state index contributed by atoms with van der Waals surface area (Å²) in [6, 6.07) is 3.29. The lowest BCUT2D eigenvalue weighted by Gasteiger charge is -2.14. The standard InChI is InChI=1S/C18H24N4O4/c1-11(2)8-20-16-10-19-13(9-21-16)18(23)22-12-6-14(24-3)17(26-5)15(7-12)25-4/h6-7,9-11H,8H2,1-5H3,(H,20,21)(H,22,23). The number of amides is 1. The number of methoxy groups -OCH3 is 3. The Balaban J connectivity index is 2.14. The number of aromatic nitrogens is 2. The Hall–Kier alpha value is -3.03. The number of rotatable bonds is 8. The van der Waals surface area contributed by atoms with Gasteiger partial charge in [-0.25, -0.2) is 9.97 Å². The summed E-state index contributed by atoms with van der Waals surface area (Å²) >= 11 is 0. The second-order valence-corrected chi connectivity index (χ2v) is 5.93. The lowest BCUT2D eigenvalue weighted by Crippen LogP contribution is -2.15. The molecule has 140 valence electrons. The van der Waals surface area contributed by atoms with Crippen molar-refractivity contribution in [1.29, 1.82) is 0 Å². The van der Waals surface area contributed by atoms with Gasteiger partial charge in [0.05, 0.1) is 33.7 Å². The Kier molecular flexibility index (Phi) is 6.60. The Morgan fingerprint density at radius 2 is 1.69 bits per heavy atom. The predicted octanol–water partition coefficient (Wildman–Crippen LogP) is 2.82. The molecule has 0 aliphatic rings. The van der Waals surface area contributed by atoms with Crippen LogP contribution in [0.1, 0.15) is 24.3 Å². The van der Waals surface area contributed by atoms with Crippen molar-refractivity contribution in [2.45, 2.75) is 13.8 Å². The molecule has 0 unspecified atom stereocenters. The molecule has 0 radical (unpaired) electrons. The first-order chi connectivity index (χ1) is 12.5. The van der Waals surface area contributed by atoms with Gasteiger partial charge in [0.15, 0.2) is 11.5 Å². The van der Waals surface area contributed by atoms with Crippen molar-refractivity contribution in [3.05, 3.63) is 30.2 Å². The molecule has 0 spiro atoms. The minimum atomic E-state index is -0.387. The van der Waals surface area contributed by atoms with Crippen LogP contribution in [0, 0.1) is 5.92 Å². The number of ether oxygens (including phenoxy) is 3. The van der Waals surface area contributed by atoms with E-state index in [-0.39, 0.29) is 11.6 Å². The zero-order valence-corrected chi connectivity index (χ0v) is 15.6. The fraction of sp³-hybridized carbons (Fsp3) is 0.389. The topological polar surface area (TPSA) is 94.6 Å². The summed E-state index contributed by atoms with van der Waals surface area (Å²) in [4.78, 5) is 20.8. The minimum absolute atomic E-state index is 0.203. The summed E-state index contributed by atoms with van der Waals surface area (Å²) in [7, 11) is 4.54. The van der Waals surface area contributed by atoms with Crippen LogP contribution in [0.3, 0.4) is 0 Å². The highest BCUT2D eigenvalue weighted by Gasteiger charge is 2.16. The Morgan fingerprint density at radius 1 is 1.04 bits per heavy atom. The molecule has 2 N–H and O–H groups in total. The maximum Gasteiger partial charge on any atom is 0.275 e. The molecule has 0 saturated carbocycles. The predicted molar refractivity (Wildman–Crippen MR) is 99.4 cm³/mol. The molecule has 0 saturated heterocycles. The first-order valence-corrected chi connectivity index (χ1v) is 8.15. The third-order valence-electron chi connectivity index (χ3n) is 3.50. The Morgan fingerprint density at radius 3 is 2.15 bits per heavy atom. The normalized spacial score (nSPS) is 10.4. The highest BCUT2D eigenvalue weighted by Crippen LogP contribution is 2.39. The molecule has 2 aromatic rings. The lowest BCUT2D eigenvalue weighted by atomic mass is 10.2. The molecule has 26 heavy (non-hydrogen) atoms. The van der Waals surface area contributed by atoms with E-state index in [2.05, 4.69) is 34.4 Å². The van der Waals surface area contributed by atoms with Crippen molar-refractivity contribution < 1.29 is 19.0 Å². The second-order valence-electron chi connectivity index (χ2n) is 5.93. The molecule has 8 heteroatoms. The van der Waals surface area contributed by atoms with Gasteiger partial charge >= 0.3 is 0 Å². The minimum Gasteiger partial charge on any atom is -0.493 e. The van der Waals surface area contributed by atoms with Gasteiger partial charge in [0, 0.05) is 24.4 Å². The molecule has 1 amide bonds. The number of hydrogen-bond acceptors (Lipinski definition) is 7. The zero-order chi connectivity index (χ0) is 19.1. The quantitative estimate of drug-likeness (QED) is 0.747. The highest BCUT2D eigenvalue weighted by molar-refractivity contribution is 6.03. The monoisotopic (exact) mass is 360 g/mol.